The van der Waals surface area contributed by atoms with Crippen molar-refractivity contribution in [2.75, 3.05) is 11.9 Å². The number of sulfonamides is 1. The maximum absolute atomic E-state index is 11.8. The minimum atomic E-state index is -3.58. The van der Waals surface area contributed by atoms with E-state index < -0.39 is 16.1 Å². The highest BCUT2D eigenvalue weighted by atomic mass is 32.2. The molecule has 1 aliphatic heterocycles. The van der Waals surface area contributed by atoms with Crippen LogP contribution in [0.15, 0.2) is 24.3 Å². The van der Waals surface area contributed by atoms with E-state index in [0.29, 0.717) is 24.3 Å². The number of hydrogen-bond donors (Lipinski definition) is 2. The number of benzene rings is 1. The van der Waals surface area contributed by atoms with E-state index in [0.717, 1.165) is 6.42 Å². The second-order valence-corrected chi connectivity index (χ2v) is 6.11. The van der Waals surface area contributed by atoms with Crippen LogP contribution in [0.25, 0.3) is 0 Å². The van der Waals surface area contributed by atoms with E-state index in [4.69, 9.17) is 9.88 Å². The molecule has 104 valence electrons. The van der Waals surface area contributed by atoms with E-state index in [1.807, 2.05) is 0 Å². The predicted octanol–water partition coefficient (Wildman–Crippen LogP) is 0.593. The van der Waals surface area contributed by atoms with Crippen LogP contribution in [0.2, 0.25) is 0 Å². The van der Waals surface area contributed by atoms with E-state index in [1.165, 1.54) is 0 Å². The Morgan fingerprint density at radius 3 is 2.89 bits per heavy atom. The SMILES string of the molecule is NS(=O)(=O)Cc1cccc(NC(=O)[C@H]2CCCO2)c1. The first-order valence-electron chi connectivity index (χ1n) is 5.96. The molecule has 1 amide bonds. The Morgan fingerprint density at radius 2 is 2.26 bits per heavy atom. The molecule has 0 aromatic heterocycles. The van der Waals surface area contributed by atoms with Gasteiger partial charge < -0.3 is 10.1 Å². The normalized spacial score (nSPS) is 19.3. The van der Waals surface area contributed by atoms with Gasteiger partial charge in [0, 0.05) is 12.3 Å². The van der Waals surface area contributed by atoms with Crippen molar-refractivity contribution in [2.45, 2.75) is 24.7 Å². The third-order valence-electron chi connectivity index (χ3n) is 2.78. The van der Waals surface area contributed by atoms with Crippen LogP contribution in [0.4, 0.5) is 5.69 Å². The first-order chi connectivity index (χ1) is 8.94. The number of hydrogen-bond acceptors (Lipinski definition) is 4. The average Bonchev–Trinajstić information content (AvgIpc) is 2.80. The van der Waals surface area contributed by atoms with E-state index >= 15 is 0 Å². The molecule has 1 aromatic rings. The smallest absolute Gasteiger partial charge is 0.253 e. The van der Waals surface area contributed by atoms with Crippen molar-refractivity contribution < 1.29 is 17.9 Å². The lowest BCUT2D eigenvalue weighted by Crippen LogP contribution is -2.26. The average molecular weight is 284 g/mol. The predicted molar refractivity (Wildman–Crippen MR) is 70.9 cm³/mol. The second kappa shape index (κ2) is 5.68. The summed E-state index contributed by atoms with van der Waals surface area (Å²) in [5, 5.41) is 7.69. The second-order valence-electron chi connectivity index (χ2n) is 4.50. The van der Waals surface area contributed by atoms with Crippen molar-refractivity contribution in [1.29, 1.82) is 0 Å². The summed E-state index contributed by atoms with van der Waals surface area (Å²) in [6.45, 7) is 0.601. The van der Waals surface area contributed by atoms with Crippen molar-refractivity contribution in [3.63, 3.8) is 0 Å². The highest BCUT2D eigenvalue weighted by Crippen LogP contribution is 2.16. The van der Waals surface area contributed by atoms with Gasteiger partial charge in [-0.15, -0.1) is 0 Å². The number of primary sulfonamides is 1. The standard InChI is InChI=1S/C12H16N2O4S/c13-19(16,17)8-9-3-1-4-10(7-9)14-12(15)11-5-2-6-18-11/h1,3-4,7,11H,2,5-6,8H2,(H,14,15)(H2,13,16,17)/t11-/m1/s1. The van der Waals surface area contributed by atoms with E-state index in [1.54, 1.807) is 24.3 Å². The molecule has 1 aromatic carbocycles. The molecule has 0 spiro atoms. The molecule has 0 aliphatic carbocycles. The molecule has 0 radical (unpaired) electrons. The molecule has 6 nitrogen and oxygen atoms in total. The minimum Gasteiger partial charge on any atom is -0.368 e. The van der Waals surface area contributed by atoms with Crippen LogP contribution in [0.5, 0.6) is 0 Å². The van der Waals surface area contributed by atoms with Gasteiger partial charge in [0.1, 0.15) is 6.10 Å². The van der Waals surface area contributed by atoms with Gasteiger partial charge >= 0.3 is 0 Å². The van der Waals surface area contributed by atoms with Gasteiger partial charge in [0.25, 0.3) is 5.91 Å². The Labute approximate surface area is 112 Å². The molecule has 0 unspecified atom stereocenters. The van der Waals surface area contributed by atoms with Gasteiger partial charge in [-0.2, -0.15) is 0 Å². The maximum Gasteiger partial charge on any atom is 0.253 e. The number of ether oxygens (including phenoxy) is 1. The van der Waals surface area contributed by atoms with Crippen LogP contribution >= 0.6 is 0 Å². The molecule has 3 N–H and O–H groups in total. The molecule has 1 heterocycles. The Kier molecular flexibility index (Phi) is 4.18. The molecule has 0 saturated carbocycles. The lowest BCUT2D eigenvalue weighted by Gasteiger charge is -2.11. The molecular formula is C12H16N2O4S. The summed E-state index contributed by atoms with van der Waals surface area (Å²) in [6, 6.07) is 6.61. The largest absolute Gasteiger partial charge is 0.368 e. The number of nitrogens with one attached hydrogen (secondary N) is 1. The van der Waals surface area contributed by atoms with Crippen molar-refractivity contribution in [3.8, 4) is 0 Å². The van der Waals surface area contributed by atoms with Gasteiger partial charge in [-0.05, 0) is 30.5 Å². The Hall–Kier alpha value is -1.44. The van der Waals surface area contributed by atoms with Crippen molar-refractivity contribution >= 4 is 21.6 Å². The summed E-state index contributed by atoms with van der Waals surface area (Å²) in [5.41, 5.74) is 1.08. The molecule has 1 fully saturated rings. The van der Waals surface area contributed by atoms with Gasteiger partial charge in [-0.25, -0.2) is 13.6 Å². The topological polar surface area (TPSA) is 98.5 Å². The first kappa shape index (κ1) is 14.0. The summed E-state index contributed by atoms with van der Waals surface area (Å²) in [7, 11) is -3.58. The summed E-state index contributed by atoms with van der Waals surface area (Å²) >= 11 is 0. The number of nitrogens with two attached hydrogens (primary N) is 1. The number of carbonyl (C=O) groups is 1. The van der Waals surface area contributed by atoms with Gasteiger partial charge in [0.15, 0.2) is 0 Å². The fourth-order valence-electron chi connectivity index (χ4n) is 1.98. The van der Waals surface area contributed by atoms with Crippen LogP contribution in [-0.2, 0) is 25.3 Å². The number of rotatable bonds is 4. The van der Waals surface area contributed by atoms with Crippen LogP contribution in [0.1, 0.15) is 18.4 Å². The number of anilines is 1. The maximum atomic E-state index is 11.8. The van der Waals surface area contributed by atoms with E-state index in [-0.39, 0.29) is 11.7 Å². The Bertz CT molecular complexity index is 565. The molecule has 7 heteroatoms. The summed E-state index contributed by atoms with van der Waals surface area (Å²) in [4.78, 5) is 11.8. The van der Waals surface area contributed by atoms with Gasteiger partial charge in [0.2, 0.25) is 10.0 Å². The quantitative estimate of drug-likeness (QED) is 0.845. The first-order valence-corrected chi connectivity index (χ1v) is 7.67. The molecule has 19 heavy (non-hydrogen) atoms. The minimum absolute atomic E-state index is 0.203. The fourth-order valence-corrected chi connectivity index (χ4v) is 2.62. The van der Waals surface area contributed by atoms with Crippen LogP contribution in [-0.4, -0.2) is 27.0 Å². The van der Waals surface area contributed by atoms with Gasteiger partial charge in [0.05, 0.1) is 5.75 Å². The van der Waals surface area contributed by atoms with Gasteiger partial charge in [-0.1, -0.05) is 12.1 Å². The van der Waals surface area contributed by atoms with Crippen molar-refractivity contribution in [3.05, 3.63) is 29.8 Å². The summed E-state index contributed by atoms with van der Waals surface area (Å²) in [5.74, 6) is -0.457. The fraction of sp³-hybridized carbons (Fsp3) is 0.417. The summed E-state index contributed by atoms with van der Waals surface area (Å²) in [6.07, 6.45) is 1.17. The number of carbonyl (C=O) groups excluding carboxylic acids is 1. The zero-order valence-corrected chi connectivity index (χ0v) is 11.2. The highest BCUT2D eigenvalue weighted by Gasteiger charge is 2.23. The van der Waals surface area contributed by atoms with Crippen LogP contribution < -0.4 is 10.5 Å². The molecular weight excluding hydrogens is 268 g/mol. The van der Waals surface area contributed by atoms with Crippen molar-refractivity contribution in [2.24, 2.45) is 5.14 Å². The molecule has 0 bridgehead atoms. The Morgan fingerprint density at radius 1 is 1.47 bits per heavy atom. The molecule has 1 saturated heterocycles. The third-order valence-corrected chi connectivity index (χ3v) is 3.52. The van der Waals surface area contributed by atoms with Crippen molar-refractivity contribution in [1.82, 2.24) is 0 Å². The summed E-state index contributed by atoms with van der Waals surface area (Å²) < 4.78 is 27.3. The van der Waals surface area contributed by atoms with Gasteiger partial charge in [-0.3, -0.25) is 4.79 Å². The number of amides is 1. The molecule has 2 rings (SSSR count). The lowest BCUT2D eigenvalue weighted by molar-refractivity contribution is -0.124. The Balaban J connectivity index is 2.04. The van der Waals surface area contributed by atoms with E-state index in [2.05, 4.69) is 5.32 Å². The zero-order chi connectivity index (χ0) is 13.9. The van der Waals surface area contributed by atoms with Crippen LogP contribution in [0, 0.1) is 0 Å². The molecule has 1 atom stereocenters. The highest BCUT2D eigenvalue weighted by molar-refractivity contribution is 7.88. The monoisotopic (exact) mass is 284 g/mol. The zero-order valence-electron chi connectivity index (χ0n) is 10.3. The third kappa shape index (κ3) is 4.30. The lowest BCUT2D eigenvalue weighted by atomic mass is 10.2. The van der Waals surface area contributed by atoms with E-state index in [9.17, 15) is 13.2 Å². The van der Waals surface area contributed by atoms with Crippen LogP contribution in [0.3, 0.4) is 0 Å². The molecule has 1 aliphatic rings.